The van der Waals surface area contributed by atoms with Gasteiger partial charge in [0.05, 0.1) is 4.90 Å². The number of benzene rings is 2. The molecule has 0 unspecified atom stereocenters. The van der Waals surface area contributed by atoms with E-state index in [4.69, 9.17) is 0 Å². The number of tetrazole rings is 1. The van der Waals surface area contributed by atoms with Crippen molar-refractivity contribution < 1.29 is 8.42 Å². The highest BCUT2D eigenvalue weighted by molar-refractivity contribution is 7.89. The van der Waals surface area contributed by atoms with Crippen LogP contribution < -0.4 is 4.72 Å². The van der Waals surface area contributed by atoms with Gasteiger partial charge in [0.25, 0.3) is 0 Å². The van der Waals surface area contributed by atoms with Crippen LogP contribution in [0.5, 0.6) is 0 Å². The zero-order valence-corrected chi connectivity index (χ0v) is 15.1. The van der Waals surface area contributed by atoms with Gasteiger partial charge < -0.3 is 0 Å². The van der Waals surface area contributed by atoms with Crippen molar-refractivity contribution in [1.29, 1.82) is 0 Å². The average Bonchev–Trinajstić information content (AvgIpc) is 3.03. The first-order chi connectivity index (χ1) is 11.9. The van der Waals surface area contributed by atoms with E-state index in [9.17, 15) is 8.42 Å². The van der Waals surface area contributed by atoms with Crippen LogP contribution in [0.2, 0.25) is 0 Å². The van der Waals surface area contributed by atoms with Crippen molar-refractivity contribution in [2.24, 2.45) is 7.05 Å². The lowest BCUT2D eigenvalue weighted by Gasteiger charge is -2.11. The van der Waals surface area contributed by atoms with Crippen LogP contribution in [0.1, 0.15) is 16.7 Å². The summed E-state index contributed by atoms with van der Waals surface area (Å²) in [4.78, 5) is 0.181. The maximum Gasteiger partial charge on any atom is 0.240 e. The maximum absolute atomic E-state index is 12.1. The molecular weight excluding hydrogens is 338 g/mol. The van der Waals surface area contributed by atoms with E-state index in [0.717, 1.165) is 11.1 Å². The molecule has 7 nitrogen and oxygen atoms in total. The van der Waals surface area contributed by atoms with Gasteiger partial charge in [-0.15, -0.1) is 5.10 Å². The van der Waals surface area contributed by atoms with Gasteiger partial charge in [-0.05, 0) is 54.1 Å². The van der Waals surface area contributed by atoms with Crippen LogP contribution in [-0.2, 0) is 23.5 Å². The quantitative estimate of drug-likeness (QED) is 0.750. The van der Waals surface area contributed by atoms with Crippen molar-refractivity contribution in [2.75, 3.05) is 7.05 Å². The molecule has 0 amide bonds. The second-order valence-electron chi connectivity index (χ2n) is 5.81. The Morgan fingerprint density at radius 1 is 1.12 bits per heavy atom. The van der Waals surface area contributed by atoms with Gasteiger partial charge in [-0.1, -0.05) is 35.9 Å². The molecule has 0 aliphatic carbocycles. The van der Waals surface area contributed by atoms with Gasteiger partial charge >= 0.3 is 0 Å². The number of aryl methyl sites for hydroxylation is 2. The molecule has 0 spiro atoms. The lowest BCUT2D eigenvalue weighted by Crippen LogP contribution is -2.18. The average molecular weight is 357 g/mol. The number of hydrogen-bond donors (Lipinski definition) is 1. The van der Waals surface area contributed by atoms with Crippen molar-refractivity contribution >= 4 is 10.0 Å². The Morgan fingerprint density at radius 3 is 2.44 bits per heavy atom. The topological polar surface area (TPSA) is 89.8 Å². The van der Waals surface area contributed by atoms with Crippen LogP contribution in [0.15, 0.2) is 47.4 Å². The zero-order valence-electron chi connectivity index (χ0n) is 14.3. The Bertz CT molecular complexity index is 994. The SMILES string of the molecule is CNS(=O)(=O)c1ccc(Cc2ccc(C)cc2)c(-c2nnnn2C)c1. The van der Waals surface area contributed by atoms with Crippen LogP contribution in [0.3, 0.4) is 0 Å². The molecule has 0 radical (unpaired) electrons. The molecule has 1 heterocycles. The molecule has 1 N–H and O–H groups in total. The molecule has 0 aliphatic heterocycles. The highest BCUT2D eigenvalue weighted by Crippen LogP contribution is 2.26. The van der Waals surface area contributed by atoms with Gasteiger partial charge in [-0.3, -0.25) is 0 Å². The first-order valence-electron chi connectivity index (χ1n) is 7.75. The summed E-state index contributed by atoms with van der Waals surface area (Å²) in [6.45, 7) is 2.04. The third-order valence-electron chi connectivity index (χ3n) is 4.04. The van der Waals surface area contributed by atoms with E-state index in [1.54, 1.807) is 19.2 Å². The van der Waals surface area contributed by atoms with Crippen LogP contribution in [-0.4, -0.2) is 35.7 Å². The number of aromatic nitrogens is 4. The number of hydrogen-bond acceptors (Lipinski definition) is 5. The van der Waals surface area contributed by atoms with E-state index in [0.29, 0.717) is 17.8 Å². The smallest absolute Gasteiger partial charge is 0.229 e. The van der Waals surface area contributed by atoms with Crippen molar-refractivity contribution in [3.8, 4) is 11.4 Å². The molecule has 0 bridgehead atoms. The third-order valence-corrected chi connectivity index (χ3v) is 5.45. The highest BCUT2D eigenvalue weighted by atomic mass is 32.2. The van der Waals surface area contributed by atoms with Gasteiger partial charge in [0.1, 0.15) is 0 Å². The number of nitrogens with zero attached hydrogens (tertiary/aromatic N) is 4. The first kappa shape index (κ1) is 17.2. The summed E-state index contributed by atoms with van der Waals surface area (Å²) in [6.07, 6.45) is 0.655. The molecule has 0 saturated carbocycles. The van der Waals surface area contributed by atoms with E-state index in [-0.39, 0.29) is 4.90 Å². The Balaban J connectivity index is 2.11. The Kier molecular flexibility index (Phi) is 4.65. The van der Waals surface area contributed by atoms with E-state index in [1.165, 1.54) is 17.3 Å². The van der Waals surface area contributed by atoms with E-state index >= 15 is 0 Å². The molecule has 8 heteroatoms. The highest BCUT2D eigenvalue weighted by Gasteiger charge is 2.18. The Hall–Kier alpha value is -2.58. The minimum atomic E-state index is -3.55. The molecule has 2 aromatic carbocycles. The second-order valence-corrected chi connectivity index (χ2v) is 7.70. The van der Waals surface area contributed by atoms with Crippen LogP contribution in [0.4, 0.5) is 0 Å². The predicted octanol–water partition coefficient (Wildman–Crippen LogP) is 1.68. The summed E-state index contributed by atoms with van der Waals surface area (Å²) in [5.74, 6) is 0.523. The van der Waals surface area contributed by atoms with E-state index in [1.807, 2.05) is 13.0 Å². The van der Waals surface area contributed by atoms with Crippen LogP contribution in [0.25, 0.3) is 11.4 Å². The fraction of sp³-hybridized carbons (Fsp3) is 0.235. The molecule has 0 saturated heterocycles. The van der Waals surface area contributed by atoms with Gasteiger partial charge in [-0.25, -0.2) is 17.8 Å². The van der Waals surface area contributed by atoms with E-state index in [2.05, 4.69) is 44.5 Å². The molecule has 0 aliphatic rings. The van der Waals surface area contributed by atoms with Gasteiger partial charge in [0, 0.05) is 12.6 Å². The fourth-order valence-corrected chi connectivity index (χ4v) is 3.34. The minimum Gasteiger partial charge on any atom is -0.229 e. The molecule has 1 aromatic heterocycles. The van der Waals surface area contributed by atoms with Crippen molar-refractivity contribution in [2.45, 2.75) is 18.2 Å². The standard InChI is InChI=1S/C17H19N5O2S/c1-12-4-6-13(7-5-12)10-14-8-9-15(25(23,24)18-2)11-16(14)17-19-20-21-22(17)3/h4-9,11,18H,10H2,1-3H3. The van der Waals surface area contributed by atoms with Gasteiger partial charge in [-0.2, -0.15) is 0 Å². The monoisotopic (exact) mass is 357 g/mol. The molecule has 130 valence electrons. The summed E-state index contributed by atoms with van der Waals surface area (Å²) in [6, 6.07) is 13.3. The summed E-state index contributed by atoms with van der Waals surface area (Å²) in [7, 11) is -0.433. The molecular formula is C17H19N5O2S. The molecule has 0 atom stereocenters. The van der Waals surface area contributed by atoms with Gasteiger partial charge in [0.15, 0.2) is 5.82 Å². The van der Waals surface area contributed by atoms with Crippen LogP contribution in [0, 0.1) is 6.92 Å². The van der Waals surface area contributed by atoms with Crippen molar-refractivity contribution in [3.05, 3.63) is 59.2 Å². The lowest BCUT2D eigenvalue weighted by atomic mass is 9.98. The van der Waals surface area contributed by atoms with E-state index < -0.39 is 10.0 Å². The Morgan fingerprint density at radius 2 is 1.84 bits per heavy atom. The lowest BCUT2D eigenvalue weighted by molar-refractivity contribution is 0.588. The maximum atomic E-state index is 12.1. The van der Waals surface area contributed by atoms with Gasteiger partial charge in [0.2, 0.25) is 10.0 Å². The fourth-order valence-electron chi connectivity index (χ4n) is 2.59. The number of sulfonamides is 1. The summed E-state index contributed by atoms with van der Waals surface area (Å²) < 4.78 is 28.2. The van der Waals surface area contributed by atoms with Crippen LogP contribution >= 0.6 is 0 Å². The number of nitrogens with one attached hydrogen (secondary N) is 1. The van der Waals surface area contributed by atoms with Crippen molar-refractivity contribution in [3.63, 3.8) is 0 Å². The third kappa shape index (κ3) is 3.59. The second kappa shape index (κ2) is 6.73. The largest absolute Gasteiger partial charge is 0.240 e. The summed E-state index contributed by atoms with van der Waals surface area (Å²) >= 11 is 0. The minimum absolute atomic E-state index is 0.181. The zero-order chi connectivity index (χ0) is 18.0. The molecule has 3 rings (SSSR count). The molecule has 25 heavy (non-hydrogen) atoms. The first-order valence-corrected chi connectivity index (χ1v) is 9.24. The predicted molar refractivity (Wildman–Crippen MR) is 94.5 cm³/mol. The van der Waals surface area contributed by atoms with Crippen molar-refractivity contribution in [1.82, 2.24) is 24.9 Å². The number of rotatable bonds is 5. The Labute approximate surface area is 146 Å². The normalized spacial score (nSPS) is 11.6. The molecule has 0 fully saturated rings. The summed E-state index contributed by atoms with van der Waals surface area (Å²) in [5, 5.41) is 11.6. The summed E-state index contributed by atoms with van der Waals surface area (Å²) in [5.41, 5.74) is 3.98. The molecule has 3 aromatic rings.